The van der Waals surface area contributed by atoms with Gasteiger partial charge in [0.25, 0.3) is 0 Å². The fourth-order valence-electron chi connectivity index (χ4n) is 2.78. The first-order valence-electron chi connectivity index (χ1n) is 6.83. The summed E-state index contributed by atoms with van der Waals surface area (Å²) in [6, 6.07) is 19.1. The molecule has 3 aromatic carbocycles. The molecule has 0 bridgehead atoms. The first kappa shape index (κ1) is 16.1. The van der Waals surface area contributed by atoms with Crippen LogP contribution in [-0.2, 0) is 0 Å². The Labute approximate surface area is 166 Å². The average molecular weight is 533 g/mol. The van der Waals surface area contributed by atoms with Gasteiger partial charge in [0.2, 0.25) is 0 Å². The minimum absolute atomic E-state index is 0.124. The minimum atomic E-state index is -0.124. The second-order valence-corrected chi connectivity index (χ2v) is 10.2. The van der Waals surface area contributed by atoms with Crippen LogP contribution in [0, 0.1) is 0 Å². The van der Waals surface area contributed by atoms with Gasteiger partial charge in [0.05, 0.1) is 4.47 Å². The van der Waals surface area contributed by atoms with Crippen molar-refractivity contribution in [2.45, 2.75) is 0 Å². The van der Waals surface area contributed by atoms with Gasteiger partial charge in [-0.25, -0.2) is 0 Å². The Morgan fingerprint density at radius 1 is 0.696 bits per heavy atom. The normalized spacial score (nSPS) is 11.5. The standard InChI is InChI=1S/C18H9Br3ClS/c19-10-1-4-16-13(7-10)14-8-11(20)2-5-17(14)23(16)18-6-3-12(22)9-15(18)21/h1-9H/q+1. The monoisotopic (exact) mass is 529 g/mol. The van der Waals surface area contributed by atoms with E-state index in [1.165, 1.54) is 25.1 Å². The van der Waals surface area contributed by atoms with Crippen molar-refractivity contribution in [2.24, 2.45) is 0 Å². The van der Waals surface area contributed by atoms with Crippen LogP contribution in [0.15, 0.2) is 68.0 Å². The topological polar surface area (TPSA) is 0 Å². The van der Waals surface area contributed by atoms with E-state index in [0.717, 1.165) is 18.4 Å². The molecule has 0 saturated carbocycles. The summed E-state index contributed by atoms with van der Waals surface area (Å²) in [4.78, 5) is 1.26. The fraction of sp³-hybridized carbons (Fsp3) is 0. The molecule has 0 aliphatic heterocycles. The Balaban J connectivity index is 2.20. The maximum Gasteiger partial charge on any atom is 0.194 e. The van der Waals surface area contributed by atoms with Crippen LogP contribution in [0.3, 0.4) is 0 Å². The molecule has 0 atom stereocenters. The summed E-state index contributed by atoms with van der Waals surface area (Å²) in [6.07, 6.45) is 0. The van der Waals surface area contributed by atoms with Crippen LogP contribution in [0.1, 0.15) is 0 Å². The van der Waals surface area contributed by atoms with Crippen LogP contribution in [0.25, 0.3) is 25.1 Å². The maximum atomic E-state index is 6.13. The third kappa shape index (κ3) is 2.79. The molecule has 4 rings (SSSR count). The van der Waals surface area contributed by atoms with Crippen molar-refractivity contribution in [3.63, 3.8) is 0 Å². The lowest BCUT2D eigenvalue weighted by atomic mass is 10.2. The van der Waals surface area contributed by atoms with Crippen molar-refractivity contribution in [2.75, 3.05) is 0 Å². The molecule has 0 amide bonds. The molecule has 0 unspecified atom stereocenters. The number of rotatable bonds is 1. The van der Waals surface area contributed by atoms with E-state index in [0.29, 0.717) is 0 Å². The first-order valence-corrected chi connectivity index (χ1v) is 10.8. The molecule has 23 heavy (non-hydrogen) atoms. The van der Waals surface area contributed by atoms with Gasteiger partial charge in [-0.15, -0.1) is 0 Å². The van der Waals surface area contributed by atoms with Gasteiger partial charge in [0.15, 0.2) is 14.3 Å². The van der Waals surface area contributed by atoms with E-state index < -0.39 is 0 Å². The summed E-state index contributed by atoms with van der Waals surface area (Å²) >= 11 is 17.0. The summed E-state index contributed by atoms with van der Waals surface area (Å²) < 4.78 is 5.96. The van der Waals surface area contributed by atoms with E-state index in [1.54, 1.807) is 0 Å². The lowest BCUT2D eigenvalue weighted by molar-refractivity contribution is 1.70. The van der Waals surface area contributed by atoms with Crippen LogP contribution in [0.5, 0.6) is 0 Å². The molecule has 0 nitrogen and oxygen atoms in total. The highest BCUT2D eigenvalue weighted by atomic mass is 79.9. The molecule has 0 radical (unpaired) electrons. The summed E-state index contributed by atoms with van der Waals surface area (Å²) in [7, 11) is -0.124. The van der Waals surface area contributed by atoms with Crippen LogP contribution >= 0.6 is 69.9 Å². The van der Waals surface area contributed by atoms with Crippen molar-refractivity contribution in [1.82, 2.24) is 0 Å². The number of hydrogen-bond acceptors (Lipinski definition) is 0. The Morgan fingerprint density at radius 2 is 1.26 bits per heavy atom. The van der Waals surface area contributed by atoms with Gasteiger partial charge in [-0.1, -0.05) is 43.5 Å². The number of fused-ring (bicyclic) bond motifs is 3. The van der Waals surface area contributed by atoms with Crippen LogP contribution in [0.2, 0.25) is 5.02 Å². The van der Waals surface area contributed by atoms with Gasteiger partial charge in [0.1, 0.15) is 0 Å². The third-order valence-electron chi connectivity index (χ3n) is 3.73. The Morgan fingerprint density at radius 3 is 1.78 bits per heavy atom. The summed E-state index contributed by atoms with van der Waals surface area (Å²) in [6.45, 7) is 0. The smallest absolute Gasteiger partial charge is 0.0843 e. The molecule has 0 spiro atoms. The molecule has 0 aliphatic carbocycles. The molecule has 0 fully saturated rings. The van der Waals surface area contributed by atoms with E-state index in [-0.39, 0.29) is 10.5 Å². The highest BCUT2D eigenvalue weighted by Crippen LogP contribution is 2.51. The largest absolute Gasteiger partial charge is 0.194 e. The molecule has 114 valence electrons. The van der Waals surface area contributed by atoms with Gasteiger partial charge in [-0.3, -0.25) is 0 Å². The minimum Gasteiger partial charge on any atom is -0.0843 e. The summed E-state index contributed by atoms with van der Waals surface area (Å²) in [5, 5.41) is 3.33. The van der Waals surface area contributed by atoms with E-state index in [9.17, 15) is 0 Å². The summed E-state index contributed by atoms with van der Waals surface area (Å²) in [5.41, 5.74) is 0. The Kier molecular flexibility index (Phi) is 4.31. The van der Waals surface area contributed by atoms with Crippen molar-refractivity contribution >= 4 is 90.0 Å². The Hall–Kier alpha value is -0.390. The van der Waals surface area contributed by atoms with Gasteiger partial charge < -0.3 is 0 Å². The Bertz CT molecular complexity index is 1010. The molecule has 5 heteroatoms. The van der Waals surface area contributed by atoms with Gasteiger partial charge in [0, 0.05) is 53.4 Å². The van der Waals surface area contributed by atoms with Crippen molar-refractivity contribution in [3.05, 3.63) is 73.0 Å². The second-order valence-electron chi connectivity index (χ2n) is 5.16. The zero-order valence-corrected chi connectivity index (χ0v) is 17.9. The van der Waals surface area contributed by atoms with Crippen molar-refractivity contribution < 1.29 is 0 Å². The number of benzene rings is 3. The maximum absolute atomic E-state index is 6.13. The zero-order valence-electron chi connectivity index (χ0n) is 11.6. The molecular formula is C18H9Br3ClS+. The molecule has 1 aromatic heterocycles. The van der Waals surface area contributed by atoms with E-state index in [4.69, 9.17) is 11.6 Å². The zero-order chi connectivity index (χ0) is 16.1. The van der Waals surface area contributed by atoms with Crippen LogP contribution < -0.4 is 0 Å². The molecule has 0 saturated heterocycles. The molecule has 0 N–H and O–H groups in total. The third-order valence-corrected chi connectivity index (χ3v) is 8.25. The predicted octanol–water partition coefficient (Wildman–Crippen LogP) is 8.67. The van der Waals surface area contributed by atoms with Gasteiger partial charge in [-0.05, 0) is 52.3 Å². The summed E-state index contributed by atoms with van der Waals surface area (Å²) in [5.74, 6) is 0. The second kappa shape index (κ2) is 6.16. The number of halogens is 4. The SMILES string of the molecule is Clc1ccc(-[s+]2c3ccc(Br)cc3c3cc(Br)ccc32)c(Br)c1. The highest BCUT2D eigenvalue weighted by Gasteiger charge is 2.25. The van der Waals surface area contributed by atoms with E-state index in [2.05, 4.69) is 90.3 Å². The molecular weight excluding hydrogens is 523 g/mol. The van der Waals surface area contributed by atoms with Crippen LogP contribution in [0.4, 0.5) is 0 Å². The lowest BCUT2D eigenvalue weighted by Gasteiger charge is -1.98. The number of hydrogen-bond donors (Lipinski definition) is 0. The predicted molar refractivity (Wildman–Crippen MR) is 113 cm³/mol. The lowest BCUT2D eigenvalue weighted by Crippen LogP contribution is -1.74. The average Bonchev–Trinajstić information content (AvgIpc) is 2.81. The molecule has 4 aromatic rings. The van der Waals surface area contributed by atoms with E-state index >= 15 is 0 Å². The van der Waals surface area contributed by atoms with E-state index in [1.807, 2.05) is 12.1 Å². The quantitative estimate of drug-likeness (QED) is 0.215. The van der Waals surface area contributed by atoms with Gasteiger partial charge >= 0.3 is 0 Å². The van der Waals surface area contributed by atoms with Crippen LogP contribution in [-0.4, -0.2) is 0 Å². The molecule has 1 heterocycles. The van der Waals surface area contributed by atoms with Crippen molar-refractivity contribution in [3.8, 4) is 4.90 Å². The molecule has 0 aliphatic rings. The van der Waals surface area contributed by atoms with Crippen molar-refractivity contribution in [1.29, 1.82) is 0 Å². The highest BCUT2D eigenvalue weighted by molar-refractivity contribution is 9.11. The fourth-order valence-corrected chi connectivity index (χ4v) is 7.02. The first-order chi connectivity index (χ1) is 11.0. The van der Waals surface area contributed by atoms with Gasteiger partial charge in [-0.2, -0.15) is 0 Å². The number of thiophene rings is 1.